The average Bonchev–Trinajstić information content (AvgIpc) is 2.26. The molecular formula is C15H31NO. The Balaban J connectivity index is 2.47. The Bertz CT molecular complexity index is 209. The zero-order valence-electron chi connectivity index (χ0n) is 12.4. The van der Waals surface area contributed by atoms with E-state index in [-0.39, 0.29) is 5.54 Å². The highest BCUT2D eigenvalue weighted by molar-refractivity contribution is 4.83. The van der Waals surface area contributed by atoms with Crippen LogP contribution in [0.1, 0.15) is 60.3 Å². The van der Waals surface area contributed by atoms with Crippen molar-refractivity contribution in [3.05, 3.63) is 0 Å². The summed E-state index contributed by atoms with van der Waals surface area (Å²) in [6, 6.07) is 0. The minimum atomic E-state index is 0.218. The third kappa shape index (κ3) is 5.39. The first kappa shape index (κ1) is 15.0. The summed E-state index contributed by atoms with van der Waals surface area (Å²) in [6.45, 7) is 13.4. The van der Waals surface area contributed by atoms with Crippen molar-refractivity contribution in [3.63, 3.8) is 0 Å². The van der Waals surface area contributed by atoms with Crippen molar-refractivity contribution in [2.45, 2.75) is 71.9 Å². The number of hydrogen-bond donors (Lipinski definition) is 1. The molecule has 1 fully saturated rings. The van der Waals surface area contributed by atoms with Gasteiger partial charge >= 0.3 is 0 Å². The molecule has 1 aliphatic rings. The Kier molecular flexibility index (Phi) is 5.94. The normalized spacial score (nSPS) is 28.1. The molecule has 0 aliphatic carbocycles. The van der Waals surface area contributed by atoms with Crippen LogP contribution in [-0.2, 0) is 4.74 Å². The molecule has 0 amide bonds. The van der Waals surface area contributed by atoms with E-state index in [2.05, 4.69) is 39.9 Å². The number of rotatable bonds is 5. The average molecular weight is 241 g/mol. The highest BCUT2D eigenvalue weighted by atomic mass is 16.5. The lowest BCUT2D eigenvalue weighted by atomic mass is 9.84. The molecule has 1 heterocycles. The molecule has 17 heavy (non-hydrogen) atoms. The second kappa shape index (κ2) is 6.75. The molecule has 1 rings (SSSR count). The minimum absolute atomic E-state index is 0.218. The molecule has 1 N–H and O–H groups in total. The first-order valence-corrected chi connectivity index (χ1v) is 7.30. The van der Waals surface area contributed by atoms with E-state index in [9.17, 15) is 0 Å². The molecule has 102 valence electrons. The van der Waals surface area contributed by atoms with Crippen LogP contribution in [0.15, 0.2) is 0 Å². The van der Waals surface area contributed by atoms with Crippen LogP contribution in [0.5, 0.6) is 0 Å². The van der Waals surface area contributed by atoms with Crippen LogP contribution in [-0.4, -0.2) is 24.8 Å². The highest BCUT2D eigenvalue weighted by Crippen LogP contribution is 2.28. The maximum absolute atomic E-state index is 6.03. The van der Waals surface area contributed by atoms with Gasteiger partial charge in [0.25, 0.3) is 0 Å². The summed E-state index contributed by atoms with van der Waals surface area (Å²) in [5, 5.41) is 3.64. The fraction of sp³-hybridized carbons (Fsp3) is 1.00. The standard InChI is InChI=1S/C15H31NO/c1-6-8-12(2)14-13(9-7-10-17-14)11-16-15(3,4)5/h12-14,16H,6-11H2,1-5H3. The van der Waals surface area contributed by atoms with Crippen LogP contribution in [0.2, 0.25) is 0 Å². The fourth-order valence-corrected chi connectivity index (χ4v) is 2.77. The summed E-state index contributed by atoms with van der Waals surface area (Å²) in [7, 11) is 0. The topological polar surface area (TPSA) is 21.3 Å². The van der Waals surface area contributed by atoms with Crippen LogP contribution in [0.3, 0.4) is 0 Å². The van der Waals surface area contributed by atoms with E-state index in [1.165, 1.54) is 25.7 Å². The molecule has 1 saturated heterocycles. The quantitative estimate of drug-likeness (QED) is 0.794. The molecule has 2 nitrogen and oxygen atoms in total. The Hall–Kier alpha value is -0.0800. The molecule has 3 atom stereocenters. The first-order valence-electron chi connectivity index (χ1n) is 7.30. The predicted octanol–water partition coefficient (Wildman–Crippen LogP) is 3.61. The Morgan fingerprint density at radius 3 is 2.65 bits per heavy atom. The lowest BCUT2D eigenvalue weighted by Gasteiger charge is -2.37. The second-order valence-corrected chi connectivity index (χ2v) is 6.63. The fourth-order valence-electron chi connectivity index (χ4n) is 2.77. The number of nitrogens with one attached hydrogen (secondary N) is 1. The van der Waals surface area contributed by atoms with Gasteiger partial charge in [-0.15, -0.1) is 0 Å². The van der Waals surface area contributed by atoms with Gasteiger partial charge in [-0.2, -0.15) is 0 Å². The van der Waals surface area contributed by atoms with Crippen molar-refractivity contribution in [2.75, 3.05) is 13.2 Å². The third-order valence-corrected chi connectivity index (χ3v) is 3.69. The van der Waals surface area contributed by atoms with Gasteiger partial charge in [0, 0.05) is 18.7 Å². The molecular weight excluding hydrogens is 210 g/mol. The van der Waals surface area contributed by atoms with Crippen molar-refractivity contribution in [1.82, 2.24) is 5.32 Å². The summed E-state index contributed by atoms with van der Waals surface area (Å²) >= 11 is 0. The molecule has 0 bridgehead atoms. The molecule has 0 saturated carbocycles. The SMILES string of the molecule is CCCC(C)C1OCCCC1CNC(C)(C)C. The predicted molar refractivity (Wildman–Crippen MR) is 74.3 cm³/mol. The molecule has 3 unspecified atom stereocenters. The smallest absolute Gasteiger partial charge is 0.0640 e. The van der Waals surface area contributed by atoms with E-state index in [1.807, 2.05) is 0 Å². The largest absolute Gasteiger partial charge is 0.378 e. The van der Waals surface area contributed by atoms with Gasteiger partial charge in [0.15, 0.2) is 0 Å². The Morgan fingerprint density at radius 2 is 2.06 bits per heavy atom. The van der Waals surface area contributed by atoms with Crippen molar-refractivity contribution < 1.29 is 4.74 Å². The van der Waals surface area contributed by atoms with Gasteiger partial charge in [0.05, 0.1) is 6.10 Å². The van der Waals surface area contributed by atoms with Crippen molar-refractivity contribution in [3.8, 4) is 0 Å². The van der Waals surface area contributed by atoms with E-state index < -0.39 is 0 Å². The van der Waals surface area contributed by atoms with Crippen molar-refractivity contribution in [1.29, 1.82) is 0 Å². The van der Waals surface area contributed by atoms with E-state index >= 15 is 0 Å². The monoisotopic (exact) mass is 241 g/mol. The zero-order valence-corrected chi connectivity index (χ0v) is 12.4. The van der Waals surface area contributed by atoms with Crippen LogP contribution in [0, 0.1) is 11.8 Å². The van der Waals surface area contributed by atoms with Crippen LogP contribution in [0.4, 0.5) is 0 Å². The summed E-state index contributed by atoms with van der Waals surface area (Å²) < 4.78 is 6.03. The summed E-state index contributed by atoms with van der Waals surface area (Å²) in [5.41, 5.74) is 0.218. The minimum Gasteiger partial charge on any atom is -0.378 e. The maximum Gasteiger partial charge on any atom is 0.0640 e. The van der Waals surface area contributed by atoms with Crippen LogP contribution in [0.25, 0.3) is 0 Å². The van der Waals surface area contributed by atoms with Gasteiger partial charge in [-0.3, -0.25) is 0 Å². The molecule has 0 aromatic heterocycles. The van der Waals surface area contributed by atoms with Gasteiger partial charge in [0.2, 0.25) is 0 Å². The number of hydrogen-bond acceptors (Lipinski definition) is 2. The lowest BCUT2D eigenvalue weighted by Crippen LogP contribution is -2.45. The summed E-state index contributed by atoms with van der Waals surface area (Å²) in [6.07, 6.45) is 5.57. The summed E-state index contributed by atoms with van der Waals surface area (Å²) in [4.78, 5) is 0. The van der Waals surface area contributed by atoms with E-state index in [1.54, 1.807) is 0 Å². The molecule has 0 radical (unpaired) electrons. The number of ether oxygens (including phenoxy) is 1. The van der Waals surface area contributed by atoms with Crippen molar-refractivity contribution in [2.24, 2.45) is 11.8 Å². The molecule has 0 spiro atoms. The molecule has 0 aromatic carbocycles. The second-order valence-electron chi connectivity index (χ2n) is 6.63. The molecule has 2 heteroatoms. The lowest BCUT2D eigenvalue weighted by molar-refractivity contribution is -0.0587. The van der Waals surface area contributed by atoms with Gasteiger partial charge in [-0.1, -0.05) is 20.3 Å². The van der Waals surface area contributed by atoms with Gasteiger partial charge in [0.1, 0.15) is 0 Å². The van der Waals surface area contributed by atoms with Gasteiger partial charge < -0.3 is 10.1 Å². The van der Waals surface area contributed by atoms with Crippen LogP contribution < -0.4 is 5.32 Å². The van der Waals surface area contributed by atoms with Gasteiger partial charge in [-0.05, 0) is 51.9 Å². The highest BCUT2D eigenvalue weighted by Gasteiger charge is 2.30. The van der Waals surface area contributed by atoms with E-state index in [4.69, 9.17) is 4.74 Å². The van der Waals surface area contributed by atoms with E-state index in [0.717, 1.165) is 13.2 Å². The Morgan fingerprint density at radius 1 is 1.35 bits per heavy atom. The Labute approximate surface area is 108 Å². The molecule has 0 aromatic rings. The van der Waals surface area contributed by atoms with Gasteiger partial charge in [-0.25, -0.2) is 0 Å². The molecule has 1 aliphatic heterocycles. The maximum atomic E-state index is 6.03. The van der Waals surface area contributed by atoms with E-state index in [0.29, 0.717) is 17.9 Å². The van der Waals surface area contributed by atoms with Crippen molar-refractivity contribution >= 4 is 0 Å². The van der Waals surface area contributed by atoms with Crippen LogP contribution >= 0.6 is 0 Å². The zero-order chi connectivity index (χ0) is 12.9. The first-order chi connectivity index (χ1) is 7.94. The summed E-state index contributed by atoms with van der Waals surface area (Å²) in [5.74, 6) is 1.40. The third-order valence-electron chi connectivity index (χ3n) is 3.69.